The van der Waals surface area contributed by atoms with Crippen LogP contribution in [0.15, 0.2) is 36.4 Å². The quantitative estimate of drug-likeness (QED) is 0.325. The molecule has 36 heavy (non-hydrogen) atoms. The van der Waals surface area contributed by atoms with Crippen molar-refractivity contribution >= 4 is 48.3 Å². The molecule has 2 heterocycles. The summed E-state index contributed by atoms with van der Waals surface area (Å²) < 4.78 is 21.1. The first-order valence-electron chi connectivity index (χ1n) is 11.9. The molecule has 1 saturated heterocycles. The van der Waals surface area contributed by atoms with Crippen molar-refractivity contribution in [3.05, 3.63) is 52.0 Å². The van der Waals surface area contributed by atoms with E-state index in [4.69, 9.17) is 27.9 Å². The molecule has 196 valence electrons. The zero-order valence-corrected chi connectivity index (χ0v) is 22.1. The van der Waals surface area contributed by atoms with Crippen molar-refractivity contribution in [1.29, 1.82) is 0 Å². The van der Waals surface area contributed by atoms with Crippen molar-refractivity contribution < 1.29 is 28.4 Å². The minimum atomic E-state index is -5.19. The number of piperazine rings is 1. The zero-order chi connectivity index (χ0) is 25.7. The molecule has 2 aromatic carbocycles. The Hall–Kier alpha value is -1.84. The fraction of sp³-hybridized carbons (Fsp3) is 0.458. The van der Waals surface area contributed by atoms with Gasteiger partial charge in [-0.1, -0.05) is 35.3 Å². The van der Waals surface area contributed by atoms with Crippen molar-refractivity contribution in [3.8, 4) is 5.75 Å². The number of nitrogens with zero attached hydrogens (tertiary/aromatic N) is 3. The number of unbranched alkanes of at least 4 members (excludes halogenated alkanes) is 1. The van der Waals surface area contributed by atoms with Crippen LogP contribution in [-0.2, 0) is 20.3 Å². The third-order valence-corrected chi connectivity index (χ3v) is 7.62. The van der Waals surface area contributed by atoms with Crippen LogP contribution in [0.4, 0.5) is 11.4 Å². The molecule has 1 fully saturated rings. The Morgan fingerprint density at radius 3 is 2.50 bits per heavy atom. The highest BCUT2D eigenvalue weighted by Gasteiger charge is 2.25. The van der Waals surface area contributed by atoms with Crippen LogP contribution in [0.25, 0.3) is 0 Å². The van der Waals surface area contributed by atoms with Crippen LogP contribution < -0.4 is 24.3 Å². The summed E-state index contributed by atoms with van der Waals surface area (Å²) in [5.41, 5.74) is 2.36. The number of aryl methyl sites for hydroxylation is 1. The minimum Gasteiger partial charge on any atom is -0.790 e. The molecule has 0 atom stereocenters. The standard InChI is InChI=1S/C24H30Cl2N3O6P/c25-20-4-3-5-21(24(20)26)28-13-11-27(12-14-28)10-1-2-15-34-19-8-6-18-7-9-23(30)29(22(18)16-19)17-35-36(31,32)33/h3-6,8,16H,1-2,7,9-15,17H2,(H2,31,32,33)/p-2. The first-order valence-corrected chi connectivity index (χ1v) is 14.1. The number of carbonyl (C=O) groups is 1. The van der Waals surface area contributed by atoms with E-state index in [1.54, 1.807) is 12.1 Å². The average Bonchev–Trinajstić information content (AvgIpc) is 2.85. The summed E-state index contributed by atoms with van der Waals surface area (Å²) >= 11 is 12.5. The van der Waals surface area contributed by atoms with E-state index in [0.717, 1.165) is 56.8 Å². The van der Waals surface area contributed by atoms with E-state index < -0.39 is 14.6 Å². The number of benzene rings is 2. The predicted octanol–water partition coefficient (Wildman–Crippen LogP) is 3.06. The maximum Gasteiger partial charge on any atom is 0.229 e. The summed E-state index contributed by atoms with van der Waals surface area (Å²) in [6.07, 6.45) is 2.59. The van der Waals surface area contributed by atoms with Crippen LogP contribution in [0.5, 0.6) is 5.75 Å². The predicted molar refractivity (Wildman–Crippen MR) is 136 cm³/mol. The molecule has 0 unspecified atom stereocenters. The van der Waals surface area contributed by atoms with Gasteiger partial charge in [0.25, 0.3) is 0 Å². The lowest BCUT2D eigenvalue weighted by Crippen LogP contribution is -2.46. The monoisotopic (exact) mass is 555 g/mol. The van der Waals surface area contributed by atoms with E-state index >= 15 is 0 Å². The molecule has 2 aromatic rings. The Labute approximate surface area is 220 Å². The fourth-order valence-corrected chi connectivity index (χ4v) is 5.13. The van der Waals surface area contributed by atoms with Crippen molar-refractivity contribution in [2.24, 2.45) is 0 Å². The summed E-state index contributed by atoms with van der Waals surface area (Å²) in [5.74, 6) is 0.277. The van der Waals surface area contributed by atoms with Crippen molar-refractivity contribution in [1.82, 2.24) is 4.90 Å². The van der Waals surface area contributed by atoms with E-state index in [1.807, 2.05) is 24.3 Å². The molecule has 0 aliphatic carbocycles. The number of phosphoric ester groups is 1. The lowest BCUT2D eigenvalue weighted by molar-refractivity contribution is -0.341. The molecule has 0 radical (unpaired) electrons. The number of fused-ring (bicyclic) bond motifs is 1. The molecule has 0 spiro atoms. The molecule has 12 heteroatoms. The van der Waals surface area contributed by atoms with Crippen LogP contribution >= 0.6 is 31.0 Å². The SMILES string of the molecule is O=C1CCc2ccc(OCCCCN3CCN(c4cccc(Cl)c4Cl)CC3)cc2N1COP(=O)([O-])[O-]. The number of rotatable bonds is 10. The Morgan fingerprint density at radius 2 is 1.75 bits per heavy atom. The van der Waals surface area contributed by atoms with Gasteiger partial charge in [-0.3, -0.25) is 14.6 Å². The average molecular weight is 556 g/mol. The number of halogens is 2. The van der Waals surface area contributed by atoms with Gasteiger partial charge in [0.2, 0.25) is 5.91 Å². The molecule has 1 amide bonds. The van der Waals surface area contributed by atoms with Gasteiger partial charge in [-0.2, -0.15) is 0 Å². The molecular formula is C24H28Cl2N3O6P-2. The molecule has 9 nitrogen and oxygen atoms in total. The van der Waals surface area contributed by atoms with Gasteiger partial charge in [0.05, 0.1) is 35.8 Å². The fourth-order valence-electron chi connectivity index (χ4n) is 4.45. The minimum absolute atomic E-state index is 0.221. The Kier molecular flexibility index (Phi) is 9.17. The second-order valence-electron chi connectivity index (χ2n) is 8.77. The topological polar surface area (TPSA) is 108 Å². The molecule has 2 aliphatic rings. The van der Waals surface area contributed by atoms with Crippen LogP contribution in [0.3, 0.4) is 0 Å². The van der Waals surface area contributed by atoms with Crippen molar-refractivity contribution in [2.75, 3.05) is 55.9 Å². The number of anilines is 2. The zero-order valence-electron chi connectivity index (χ0n) is 19.7. The Morgan fingerprint density at radius 1 is 0.972 bits per heavy atom. The van der Waals surface area contributed by atoms with Gasteiger partial charge in [0.1, 0.15) is 12.5 Å². The molecule has 0 aromatic heterocycles. The first-order chi connectivity index (χ1) is 17.2. The maximum atomic E-state index is 12.3. The van der Waals surface area contributed by atoms with Gasteiger partial charge in [-0.15, -0.1) is 0 Å². The highest BCUT2D eigenvalue weighted by atomic mass is 35.5. The van der Waals surface area contributed by atoms with Crippen LogP contribution in [0.1, 0.15) is 24.8 Å². The Balaban J connectivity index is 1.21. The smallest absolute Gasteiger partial charge is 0.229 e. The number of carbonyl (C=O) groups excluding carboxylic acids is 1. The summed E-state index contributed by atoms with van der Waals surface area (Å²) in [6, 6.07) is 11.1. The van der Waals surface area contributed by atoms with Gasteiger partial charge in [0.15, 0.2) is 0 Å². The molecule has 0 saturated carbocycles. The number of phosphoric acid groups is 1. The number of hydrogen-bond acceptors (Lipinski definition) is 8. The maximum absolute atomic E-state index is 12.3. The summed E-state index contributed by atoms with van der Waals surface area (Å²) in [5, 5.41) is 1.17. The van der Waals surface area contributed by atoms with Gasteiger partial charge in [-0.25, -0.2) is 0 Å². The summed E-state index contributed by atoms with van der Waals surface area (Å²) in [7, 11) is -5.19. The van der Waals surface area contributed by atoms with Gasteiger partial charge in [-0.05, 0) is 49.6 Å². The first kappa shape index (κ1) is 27.2. The normalized spacial score (nSPS) is 16.8. The molecular weight excluding hydrogens is 528 g/mol. The van der Waals surface area contributed by atoms with Gasteiger partial charge in [0, 0.05) is 38.7 Å². The van der Waals surface area contributed by atoms with Crippen LogP contribution in [-0.4, -0.2) is 56.9 Å². The van der Waals surface area contributed by atoms with E-state index in [0.29, 0.717) is 34.5 Å². The largest absolute Gasteiger partial charge is 0.790 e. The number of ether oxygens (including phenoxy) is 1. The molecule has 4 rings (SSSR count). The lowest BCUT2D eigenvalue weighted by atomic mass is 10.0. The number of amides is 1. The number of hydrogen-bond donors (Lipinski definition) is 0. The highest BCUT2D eigenvalue weighted by molar-refractivity contribution is 7.43. The van der Waals surface area contributed by atoms with Crippen molar-refractivity contribution in [2.45, 2.75) is 25.7 Å². The van der Waals surface area contributed by atoms with Gasteiger partial charge < -0.3 is 28.5 Å². The summed E-state index contributed by atoms with van der Waals surface area (Å²) in [6.45, 7) is 4.51. The second-order valence-corrected chi connectivity index (χ2v) is 10.7. The Bertz CT molecular complexity index is 1120. The van der Waals surface area contributed by atoms with Crippen LogP contribution in [0.2, 0.25) is 10.0 Å². The molecule has 2 aliphatic heterocycles. The van der Waals surface area contributed by atoms with E-state index in [-0.39, 0.29) is 12.3 Å². The van der Waals surface area contributed by atoms with E-state index in [1.165, 1.54) is 4.90 Å². The second kappa shape index (κ2) is 12.1. The lowest BCUT2D eigenvalue weighted by Gasteiger charge is -2.36. The summed E-state index contributed by atoms with van der Waals surface area (Å²) in [4.78, 5) is 39.8. The van der Waals surface area contributed by atoms with Gasteiger partial charge >= 0.3 is 0 Å². The molecule has 0 N–H and O–H groups in total. The molecule has 0 bridgehead atoms. The van der Waals surface area contributed by atoms with E-state index in [9.17, 15) is 19.1 Å². The van der Waals surface area contributed by atoms with Crippen LogP contribution in [0, 0.1) is 0 Å². The van der Waals surface area contributed by atoms with Crippen molar-refractivity contribution in [3.63, 3.8) is 0 Å². The highest BCUT2D eigenvalue weighted by Crippen LogP contribution is 2.34. The third kappa shape index (κ3) is 7.13. The third-order valence-electron chi connectivity index (χ3n) is 6.38. The van der Waals surface area contributed by atoms with E-state index in [2.05, 4.69) is 14.3 Å².